The molecule has 0 spiro atoms. The number of hydrogen-bond donors (Lipinski definition) is 0. The lowest BCUT2D eigenvalue weighted by atomic mass is 10.2. The number of rotatable bonds is 6. The summed E-state index contributed by atoms with van der Waals surface area (Å²) in [4.78, 5) is 0. The number of hydrogen-bond acceptors (Lipinski definition) is 6. The maximum Gasteiger partial charge on any atom is 0.254 e. The van der Waals surface area contributed by atoms with Gasteiger partial charge in [0, 0.05) is 5.56 Å². The van der Waals surface area contributed by atoms with E-state index < -0.39 is 0 Å². The molecule has 0 aliphatic rings. The van der Waals surface area contributed by atoms with E-state index in [1.807, 2.05) is 48.5 Å². The van der Waals surface area contributed by atoms with Crippen molar-refractivity contribution in [1.82, 2.24) is 10.2 Å². The van der Waals surface area contributed by atoms with Gasteiger partial charge < -0.3 is 18.6 Å². The average molecular weight is 312 g/mol. The van der Waals surface area contributed by atoms with Gasteiger partial charge in [-0.2, -0.15) is 0 Å². The van der Waals surface area contributed by atoms with E-state index in [9.17, 15) is 0 Å². The monoisotopic (exact) mass is 312 g/mol. The van der Waals surface area contributed by atoms with Gasteiger partial charge in [-0.1, -0.05) is 18.2 Å². The Balaban J connectivity index is 1.72. The number of ether oxygens (including phenoxy) is 3. The minimum Gasteiger partial charge on any atom is -0.497 e. The van der Waals surface area contributed by atoms with Crippen LogP contribution < -0.4 is 14.2 Å². The summed E-state index contributed by atoms with van der Waals surface area (Å²) in [6.45, 7) is 0.164. The van der Waals surface area contributed by atoms with Crippen LogP contribution in [0.2, 0.25) is 0 Å². The lowest BCUT2D eigenvalue weighted by molar-refractivity contribution is 0.251. The van der Waals surface area contributed by atoms with E-state index in [1.165, 1.54) is 0 Å². The second-order valence-electron chi connectivity index (χ2n) is 4.67. The zero-order valence-electron chi connectivity index (χ0n) is 12.9. The molecule has 0 amide bonds. The van der Waals surface area contributed by atoms with E-state index in [4.69, 9.17) is 18.6 Å². The molecular formula is C17H16N2O4. The minimum atomic E-state index is 0.164. The summed E-state index contributed by atoms with van der Waals surface area (Å²) < 4.78 is 21.7. The van der Waals surface area contributed by atoms with Gasteiger partial charge in [0.2, 0.25) is 5.89 Å². The summed E-state index contributed by atoms with van der Waals surface area (Å²) in [6, 6.07) is 14.8. The molecule has 23 heavy (non-hydrogen) atoms. The van der Waals surface area contributed by atoms with Gasteiger partial charge in [-0.15, -0.1) is 10.2 Å². The van der Waals surface area contributed by atoms with Gasteiger partial charge in [0.1, 0.15) is 5.75 Å². The lowest BCUT2D eigenvalue weighted by Gasteiger charge is -2.08. The van der Waals surface area contributed by atoms with Gasteiger partial charge in [-0.3, -0.25) is 0 Å². The fraction of sp³-hybridized carbons (Fsp3) is 0.176. The molecule has 1 aromatic heterocycles. The average Bonchev–Trinajstić information content (AvgIpc) is 3.09. The Morgan fingerprint density at radius 2 is 1.74 bits per heavy atom. The number of nitrogens with zero attached hydrogens (tertiary/aromatic N) is 2. The maximum absolute atomic E-state index is 5.66. The normalized spacial score (nSPS) is 10.3. The van der Waals surface area contributed by atoms with Crippen LogP contribution in [0.3, 0.4) is 0 Å². The summed E-state index contributed by atoms with van der Waals surface area (Å²) in [5.74, 6) is 2.81. The first-order valence-electron chi connectivity index (χ1n) is 7.03. The molecule has 0 N–H and O–H groups in total. The molecule has 0 saturated heterocycles. The fourth-order valence-corrected chi connectivity index (χ4v) is 2.06. The zero-order valence-corrected chi connectivity index (χ0v) is 12.9. The highest BCUT2D eigenvalue weighted by atomic mass is 16.5. The molecule has 0 aliphatic carbocycles. The van der Waals surface area contributed by atoms with E-state index in [2.05, 4.69) is 10.2 Å². The number of aromatic nitrogens is 2. The van der Waals surface area contributed by atoms with Crippen LogP contribution in [-0.4, -0.2) is 24.4 Å². The third kappa shape index (κ3) is 3.42. The first kappa shape index (κ1) is 14.9. The van der Waals surface area contributed by atoms with Gasteiger partial charge in [0.15, 0.2) is 18.1 Å². The fourth-order valence-electron chi connectivity index (χ4n) is 2.06. The Morgan fingerprint density at radius 3 is 2.52 bits per heavy atom. The van der Waals surface area contributed by atoms with Gasteiger partial charge in [0.25, 0.3) is 5.89 Å². The molecule has 3 rings (SSSR count). The topological polar surface area (TPSA) is 66.6 Å². The predicted molar refractivity (Wildman–Crippen MR) is 83.6 cm³/mol. The molecule has 6 nitrogen and oxygen atoms in total. The number of benzene rings is 2. The van der Waals surface area contributed by atoms with Crippen LogP contribution in [0.15, 0.2) is 52.9 Å². The standard InChI is InChI=1S/C17H16N2O4/c1-20-13-7-5-6-12(10-13)17-19-18-16(23-17)11-22-15-9-4-3-8-14(15)21-2/h3-10H,11H2,1-2H3. The van der Waals surface area contributed by atoms with Crippen molar-refractivity contribution in [2.45, 2.75) is 6.61 Å². The Kier molecular flexibility index (Phi) is 4.42. The lowest BCUT2D eigenvalue weighted by Crippen LogP contribution is -1.97. The van der Waals surface area contributed by atoms with Gasteiger partial charge in [-0.25, -0.2) is 0 Å². The zero-order chi connectivity index (χ0) is 16.1. The van der Waals surface area contributed by atoms with Crippen LogP contribution in [0.4, 0.5) is 0 Å². The minimum absolute atomic E-state index is 0.164. The van der Waals surface area contributed by atoms with Gasteiger partial charge in [-0.05, 0) is 30.3 Å². The van der Waals surface area contributed by atoms with E-state index in [1.54, 1.807) is 14.2 Å². The summed E-state index contributed by atoms with van der Waals surface area (Å²) in [6.07, 6.45) is 0. The highest BCUT2D eigenvalue weighted by Crippen LogP contribution is 2.27. The molecule has 0 unspecified atom stereocenters. The van der Waals surface area contributed by atoms with E-state index >= 15 is 0 Å². The second kappa shape index (κ2) is 6.83. The number of methoxy groups -OCH3 is 2. The Labute approximate surface area is 133 Å². The third-order valence-corrected chi connectivity index (χ3v) is 3.20. The van der Waals surface area contributed by atoms with Crippen molar-refractivity contribution in [3.05, 3.63) is 54.4 Å². The van der Waals surface area contributed by atoms with E-state index in [-0.39, 0.29) is 6.61 Å². The molecule has 0 bridgehead atoms. The SMILES string of the molecule is COc1cccc(-c2nnc(COc3ccccc3OC)o2)c1. The predicted octanol–water partition coefficient (Wildman–Crippen LogP) is 3.33. The van der Waals surface area contributed by atoms with E-state index in [0.29, 0.717) is 23.3 Å². The molecule has 0 atom stereocenters. The molecule has 0 saturated carbocycles. The van der Waals surface area contributed by atoms with Crippen molar-refractivity contribution in [2.75, 3.05) is 14.2 Å². The summed E-state index contributed by atoms with van der Waals surface area (Å²) in [5.41, 5.74) is 0.792. The maximum atomic E-state index is 5.66. The molecule has 1 heterocycles. The molecule has 6 heteroatoms. The van der Waals surface area contributed by atoms with Crippen LogP contribution in [0.25, 0.3) is 11.5 Å². The van der Waals surface area contributed by atoms with Crippen molar-refractivity contribution in [2.24, 2.45) is 0 Å². The van der Waals surface area contributed by atoms with Crippen molar-refractivity contribution in [1.29, 1.82) is 0 Å². The van der Waals surface area contributed by atoms with Crippen molar-refractivity contribution in [3.63, 3.8) is 0 Å². The molecule has 0 aliphatic heterocycles. The quantitative estimate of drug-likeness (QED) is 0.695. The van der Waals surface area contributed by atoms with Crippen LogP contribution >= 0.6 is 0 Å². The number of para-hydroxylation sites is 2. The molecule has 3 aromatic rings. The Morgan fingerprint density at radius 1 is 0.913 bits per heavy atom. The smallest absolute Gasteiger partial charge is 0.254 e. The Bertz CT molecular complexity index is 786. The molecule has 2 aromatic carbocycles. The third-order valence-electron chi connectivity index (χ3n) is 3.20. The van der Waals surface area contributed by atoms with Crippen molar-refractivity contribution in [3.8, 4) is 28.7 Å². The van der Waals surface area contributed by atoms with Crippen molar-refractivity contribution < 1.29 is 18.6 Å². The van der Waals surface area contributed by atoms with E-state index in [0.717, 1.165) is 11.3 Å². The summed E-state index contributed by atoms with van der Waals surface area (Å²) in [5, 5.41) is 8.03. The van der Waals surface area contributed by atoms with Gasteiger partial charge >= 0.3 is 0 Å². The van der Waals surface area contributed by atoms with Crippen LogP contribution in [0, 0.1) is 0 Å². The van der Waals surface area contributed by atoms with Crippen LogP contribution in [0.1, 0.15) is 5.89 Å². The molecule has 118 valence electrons. The highest BCUT2D eigenvalue weighted by Gasteiger charge is 2.11. The van der Waals surface area contributed by atoms with Crippen molar-refractivity contribution >= 4 is 0 Å². The van der Waals surface area contributed by atoms with Gasteiger partial charge in [0.05, 0.1) is 14.2 Å². The summed E-state index contributed by atoms with van der Waals surface area (Å²) in [7, 11) is 3.20. The first-order chi connectivity index (χ1) is 11.3. The van der Waals surface area contributed by atoms with Crippen LogP contribution in [0.5, 0.6) is 17.2 Å². The molecule has 0 fully saturated rings. The largest absolute Gasteiger partial charge is 0.497 e. The second-order valence-corrected chi connectivity index (χ2v) is 4.67. The Hall–Kier alpha value is -3.02. The first-order valence-corrected chi connectivity index (χ1v) is 7.03. The van der Waals surface area contributed by atoms with Crippen LogP contribution in [-0.2, 0) is 6.61 Å². The molecular weight excluding hydrogens is 296 g/mol. The summed E-state index contributed by atoms with van der Waals surface area (Å²) >= 11 is 0. The molecule has 0 radical (unpaired) electrons. The highest BCUT2D eigenvalue weighted by molar-refractivity contribution is 5.55.